The highest BCUT2D eigenvalue weighted by atomic mass is 32.2. The normalized spacial score (nSPS) is 16.4. The number of thioether (sulfide) groups is 1. The van der Waals surface area contributed by atoms with E-state index in [1.807, 2.05) is 43.3 Å². The van der Waals surface area contributed by atoms with Crippen molar-refractivity contribution in [2.24, 2.45) is 0 Å². The monoisotopic (exact) mass is 445 g/mol. The molecular weight excluding hydrogens is 422 g/mol. The fraction of sp³-hybridized carbons (Fsp3) is 0.381. The minimum Gasteiger partial charge on any atom is -0.376 e. The van der Waals surface area contributed by atoms with E-state index in [0.717, 1.165) is 53.0 Å². The van der Waals surface area contributed by atoms with Crippen LogP contribution >= 0.6 is 35.3 Å². The molecule has 1 saturated heterocycles. The Kier molecular flexibility index (Phi) is 6.34. The highest BCUT2D eigenvalue weighted by Crippen LogP contribution is 2.26. The van der Waals surface area contributed by atoms with Gasteiger partial charge in [0.2, 0.25) is 0 Å². The fourth-order valence-electron chi connectivity index (χ4n) is 3.61. The van der Waals surface area contributed by atoms with Crippen molar-refractivity contribution in [2.75, 3.05) is 12.4 Å². The van der Waals surface area contributed by atoms with Gasteiger partial charge in [-0.15, -0.1) is 5.10 Å². The topological polar surface area (TPSA) is 49.0 Å². The van der Waals surface area contributed by atoms with Gasteiger partial charge in [0, 0.05) is 30.1 Å². The molecule has 2 aromatic heterocycles. The highest BCUT2D eigenvalue weighted by Gasteiger charge is 2.21. The van der Waals surface area contributed by atoms with Crippen molar-refractivity contribution in [3.63, 3.8) is 0 Å². The summed E-state index contributed by atoms with van der Waals surface area (Å²) in [6.07, 6.45) is 2.46. The zero-order valence-electron chi connectivity index (χ0n) is 16.5. The number of hydrogen-bond donors (Lipinski definition) is 0. The van der Waals surface area contributed by atoms with Crippen molar-refractivity contribution in [1.82, 2.24) is 14.3 Å². The van der Waals surface area contributed by atoms with Gasteiger partial charge < -0.3 is 9.30 Å². The van der Waals surface area contributed by atoms with Crippen LogP contribution in [0.15, 0.2) is 40.7 Å². The molecule has 152 valence electrons. The Morgan fingerprint density at radius 2 is 2.14 bits per heavy atom. The fourth-order valence-corrected chi connectivity index (χ4v) is 5.86. The number of carbonyl (C=O) groups is 1. The summed E-state index contributed by atoms with van der Waals surface area (Å²) in [7, 11) is 0. The van der Waals surface area contributed by atoms with Gasteiger partial charge in [-0.1, -0.05) is 41.3 Å². The molecule has 8 heteroatoms. The summed E-state index contributed by atoms with van der Waals surface area (Å²) in [5, 5.41) is 4.58. The summed E-state index contributed by atoms with van der Waals surface area (Å²) >= 11 is 8.33. The Hall–Kier alpha value is -1.74. The molecule has 0 spiro atoms. The molecule has 29 heavy (non-hydrogen) atoms. The van der Waals surface area contributed by atoms with Gasteiger partial charge in [0.25, 0.3) is 0 Å². The average molecular weight is 446 g/mol. The third-order valence-corrected chi connectivity index (χ3v) is 7.51. The van der Waals surface area contributed by atoms with Crippen molar-refractivity contribution in [3.05, 3.63) is 57.3 Å². The van der Waals surface area contributed by atoms with Gasteiger partial charge >= 0.3 is 0 Å². The van der Waals surface area contributed by atoms with Crippen molar-refractivity contribution >= 4 is 41.1 Å². The van der Waals surface area contributed by atoms with Crippen molar-refractivity contribution < 1.29 is 9.53 Å². The number of ketones is 1. The molecule has 3 heterocycles. The number of aromatic nitrogens is 3. The minimum absolute atomic E-state index is 0.120. The number of rotatable bonds is 7. The van der Waals surface area contributed by atoms with Crippen LogP contribution in [-0.4, -0.2) is 38.6 Å². The van der Waals surface area contributed by atoms with Crippen LogP contribution in [0, 0.1) is 17.8 Å². The largest absolute Gasteiger partial charge is 0.376 e. The molecule has 1 aromatic carbocycles. The smallest absolute Gasteiger partial charge is 0.184 e. The number of nitrogens with zero attached hydrogens (tertiary/aromatic N) is 3. The predicted octanol–water partition coefficient (Wildman–Crippen LogP) is 5.24. The predicted molar refractivity (Wildman–Crippen MR) is 120 cm³/mol. The first-order chi connectivity index (χ1) is 14.0. The number of Topliss-reactive ketones (excluding diaryl/α,β-unsaturated/α-hetero) is 1. The third-order valence-electron chi connectivity index (χ3n) is 5.14. The molecule has 0 N–H and O–H groups in total. The van der Waals surface area contributed by atoms with Crippen molar-refractivity contribution in [1.29, 1.82) is 0 Å². The number of ether oxygens (including phenoxy) is 1. The maximum Gasteiger partial charge on any atom is 0.184 e. The Balaban J connectivity index is 1.45. The van der Waals surface area contributed by atoms with E-state index in [-0.39, 0.29) is 11.9 Å². The quantitative estimate of drug-likeness (QED) is 0.283. The number of hydrogen-bond acceptors (Lipinski definition) is 6. The SMILES string of the molecule is Cc1cc(C(=O)CSc2nn(-c3ccccc3)c(=S)s2)c(C)n1C[C@@H]1CCCO1. The summed E-state index contributed by atoms with van der Waals surface area (Å²) in [5.74, 6) is 0.468. The molecule has 0 unspecified atom stereocenters. The summed E-state index contributed by atoms with van der Waals surface area (Å²) in [6.45, 7) is 5.74. The molecule has 0 radical (unpaired) electrons. The van der Waals surface area contributed by atoms with Crippen LogP contribution in [0.3, 0.4) is 0 Å². The van der Waals surface area contributed by atoms with E-state index in [4.69, 9.17) is 17.0 Å². The first-order valence-corrected chi connectivity index (χ1v) is 11.8. The molecule has 0 saturated carbocycles. The minimum atomic E-state index is 0.120. The Morgan fingerprint density at radius 1 is 1.34 bits per heavy atom. The van der Waals surface area contributed by atoms with Gasteiger partial charge in [-0.25, -0.2) is 4.68 Å². The van der Waals surface area contributed by atoms with Crippen molar-refractivity contribution in [3.8, 4) is 5.69 Å². The lowest BCUT2D eigenvalue weighted by atomic mass is 10.2. The maximum absolute atomic E-state index is 12.9. The van der Waals surface area contributed by atoms with E-state index in [1.165, 1.54) is 23.1 Å². The lowest BCUT2D eigenvalue weighted by Gasteiger charge is -2.14. The molecule has 4 rings (SSSR count). The molecule has 1 fully saturated rings. The van der Waals surface area contributed by atoms with Gasteiger partial charge in [0.05, 0.1) is 17.5 Å². The summed E-state index contributed by atoms with van der Waals surface area (Å²) in [6, 6.07) is 11.8. The second-order valence-corrected chi connectivity index (χ2v) is 9.97. The maximum atomic E-state index is 12.9. The Bertz CT molecular complexity index is 1060. The summed E-state index contributed by atoms with van der Waals surface area (Å²) in [4.78, 5) is 12.9. The van der Waals surface area contributed by atoms with Crippen LogP contribution in [0.1, 0.15) is 34.6 Å². The molecule has 1 atom stereocenters. The Morgan fingerprint density at radius 3 is 2.86 bits per heavy atom. The van der Waals surface area contributed by atoms with Gasteiger partial charge in [0.15, 0.2) is 14.1 Å². The summed E-state index contributed by atoms with van der Waals surface area (Å²) in [5.41, 5.74) is 3.85. The average Bonchev–Trinajstić information content (AvgIpc) is 3.43. The summed E-state index contributed by atoms with van der Waals surface area (Å²) < 4.78 is 11.2. The van der Waals surface area contributed by atoms with Gasteiger partial charge in [-0.2, -0.15) is 0 Å². The molecular formula is C21H23N3O2S3. The number of benzene rings is 1. The zero-order chi connectivity index (χ0) is 20.4. The van der Waals surface area contributed by atoms with E-state index in [9.17, 15) is 4.79 Å². The van der Waals surface area contributed by atoms with E-state index in [0.29, 0.717) is 9.71 Å². The highest BCUT2D eigenvalue weighted by molar-refractivity contribution is 8.01. The first-order valence-electron chi connectivity index (χ1n) is 9.63. The van der Waals surface area contributed by atoms with Crippen LogP contribution in [-0.2, 0) is 11.3 Å². The van der Waals surface area contributed by atoms with Crippen LogP contribution in [0.4, 0.5) is 0 Å². The lowest BCUT2D eigenvalue weighted by molar-refractivity contribution is 0.0957. The standard InChI is InChI=1S/C21H23N3O2S3/c1-14-11-18(15(2)23(14)12-17-9-6-10-26-17)19(25)13-28-20-22-24(21(27)29-20)16-7-4-3-5-8-16/h3-5,7-8,11,17H,6,9-10,12-13H2,1-2H3/t17-/m0/s1. The second-order valence-electron chi connectivity index (χ2n) is 7.12. The zero-order valence-corrected chi connectivity index (χ0v) is 18.9. The molecule has 5 nitrogen and oxygen atoms in total. The molecule has 0 aliphatic carbocycles. The first kappa shape index (κ1) is 20.5. The number of carbonyl (C=O) groups excluding carboxylic acids is 1. The van der Waals surface area contributed by atoms with Gasteiger partial charge in [0.1, 0.15) is 0 Å². The second kappa shape index (κ2) is 8.95. The molecule has 3 aromatic rings. The van der Waals surface area contributed by atoms with E-state index in [2.05, 4.69) is 16.6 Å². The van der Waals surface area contributed by atoms with Crippen LogP contribution in [0.2, 0.25) is 0 Å². The van der Waals surface area contributed by atoms with E-state index in [1.54, 1.807) is 4.68 Å². The number of aryl methyl sites for hydroxylation is 1. The molecule has 0 bridgehead atoms. The molecule has 0 amide bonds. The van der Waals surface area contributed by atoms with E-state index < -0.39 is 0 Å². The van der Waals surface area contributed by atoms with Gasteiger partial charge in [-0.05, 0) is 57.1 Å². The Labute approximate surface area is 183 Å². The van der Waals surface area contributed by atoms with Crippen LogP contribution in [0.25, 0.3) is 5.69 Å². The van der Waals surface area contributed by atoms with Crippen LogP contribution < -0.4 is 0 Å². The van der Waals surface area contributed by atoms with Crippen molar-refractivity contribution in [2.45, 2.75) is 43.7 Å². The molecule has 1 aliphatic heterocycles. The number of para-hydroxylation sites is 1. The third kappa shape index (κ3) is 4.55. The molecule has 1 aliphatic rings. The van der Waals surface area contributed by atoms with E-state index >= 15 is 0 Å². The van der Waals surface area contributed by atoms with Gasteiger partial charge in [-0.3, -0.25) is 4.79 Å². The lowest BCUT2D eigenvalue weighted by Crippen LogP contribution is -2.17. The van der Waals surface area contributed by atoms with Crippen LogP contribution in [0.5, 0.6) is 0 Å².